The van der Waals surface area contributed by atoms with E-state index in [0.717, 1.165) is 60.6 Å². The molecule has 0 spiro atoms. The van der Waals surface area contributed by atoms with Gasteiger partial charge in [0.2, 0.25) is 0 Å². The lowest BCUT2D eigenvalue weighted by atomic mass is 9.91. The Labute approximate surface area is 295 Å². The highest BCUT2D eigenvalue weighted by atomic mass is 16.3. The fraction of sp³-hybridized carbons (Fsp3) is 0. The number of hydrogen-bond donors (Lipinski definition) is 0. The first-order chi connectivity index (χ1) is 25.3. The number of nitrogens with zero attached hydrogens (tertiary/aromatic N) is 1. The van der Waals surface area contributed by atoms with Gasteiger partial charge in [-0.25, -0.2) is 4.98 Å². The molecule has 2 nitrogen and oxygen atoms in total. The van der Waals surface area contributed by atoms with Crippen LogP contribution in [0.1, 0.15) is 0 Å². The summed E-state index contributed by atoms with van der Waals surface area (Å²) < 4.78 is 6.40. The molecule has 8 aromatic carbocycles. The maximum absolute atomic E-state index is 6.40. The minimum atomic E-state index is 0.884. The second kappa shape index (κ2) is 12.0. The van der Waals surface area contributed by atoms with Crippen LogP contribution in [0.25, 0.3) is 99.4 Å². The largest absolute Gasteiger partial charge is 0.456 e. The van der Waals surface area contributed by atoms with Crippen LogP contribution in [-0.4, -0.2) is 4.98 Å². The molecule has 2 aromatic heterocycles. The van der Waals surface area contributed by atoms with Gasteiger partial charge in [-0.15, -0.1) is 0 Å². The van der Waals surface area contributed by atoms with E-state index in [9.17, 15) is 0 Å². The molecule has 0 aliphatic heterocycles. The zero-order valence-corrected chi connectivity index (χ0v) is 27.8. The van der Waals surface area contributed by atoms with Crippen molar-refractivity contribution >= 4 is 43.6 Å². The predicted octanol–water partition coefficient (Wildman–Crippen LogP) is 13.6. The van der Waals surface area contributed by atoms with Gasteiger partial charge in [-0.05, 0) is 99.1 Å². The molecule has 0 N–H and O–H groups in total. The minimum Gasteiger partial charge on any atom is -0.456 e. The number of para-hydroxylation sites is 1. The van der Waals surface area contributed by atoms with Crippen molar-refractivity contribution in [2.45, 2.75) is 0 Å². The summed E-state index contributed by atoms with van der Waals surface area (Å²) in [4.78, 5) is 5.29. The first-order valence-electron chi connectivity index (χ1n) is 17.4. The second-order valence-electron chi connectivity index (χ2n) is 13.1. The number of aromatic nitrogens is 1. The smallest absolute Gasteiger partial charge is 0.136 e. The Morgan fingerprint density at radius 1 is 0.294 bits per heavy atom. The van der Waals surface area contributed by atoms with E-state index in [1.165, 1.54) is 38.8 Å². The van der Waals surface area contributed by atoms with Crippen LogP contribution in [0, 0.1) is 0 Å². The van der Waals surface area contributed by atoms with E-state index in [0.29, 0.717) is 0 Å². The lowest BCUT2D eigenvalue weighted by molar-refractivity contribution is 0.669. The van der Waals surface area contributed by atoms with Crippen LogP contribution in [-0.2, 0) is 0 Å². The molecule has 0 saturated heterocycles. The molecule has 0 unspecified atom stereocenters. The molecule has 51 heavy (non-hydrogen) atoms. The van der Waals surface area contributed by atoms with Crippen molar-refractivity contribution in [1.29, 1.82) is 0 Å². The number of fused-ring (bicyclic) bond motifs is 7. The molecule has 0 saturated carbocycles. The third-order valence-corrected chi connectivity index (χ3v) is 10.0. The van der Waals surface area contributed by atoms with Crippen molar-refractivity contribution in [1.82, 2.24) is 4.98 Å². The average Bonchev–Trinajstić information content (AvgIpc) is 3.60. The predicted molar refractivity (Wildman–Crippen MR) is 214 cm³/mol. The van der Waals surface area contributed by atoms with E-state index in [1.807, 2.05) is 6.07 Å². The van der Waals surface area contributed by atoms with Crippen LogP contribution < -0.4 is 0 Å². The summed E-state index contributed by atoms with van der Waals surface area (Å²) in [6.45, 7) is 0. The number of benzene rings is 8. The Morgan fingerprint density at radius 2 is 0.824 bits per heavy atom. The lowest BCUT2D eigenvalue weighted by Gasteiger charge is -2.14. The monoisotopic (exact) mass is 649 g/mol. The highest BCUT2D eigenvalue weighted by Crippen LogP contribution is 2.42. The standard InChI is InChI=1S/C49H31NO/c1-4-13-32(14-5-1)38-28-39(33-15-6-2-7-16-33)30-40(29-38)36-20-12-19-35(27-36)37-23-25-44-43(31-37)47-42(49(50-44)34-17-8-3-9-18-34)24-26-46-48(47)41-21-10-11-22-45(41)51-46/h1-31H. The van der Waals surface area contributed by atoms with Gasteiger partial charge in [0, 0.05) is 32.5 Å². The molecule has 238 valence electrons. The van der Waals surface area contributed by atoms with Crippen molar-refractivity contribution in [2.24, 2.45) is 0 Å². The molecule has 0 atom stereocenters. The topological polar surface area (TPSA) is 26.0 Å². The molecule has 0 aliphatic carbocycles. The van der Waals surface area contributed by atoms with E-state index in [1.54, 1.807) is 0 Å². The quantitative estimate of drug-likeness (QED) is 0.173. The molecule has 2 heterocycles. The van der Waals surface area contributed by atoms with Gasteiger partial charge in [0.1, 0.15) is 11.2 Å². The van der Waals surface area contributed by atoms with Crippen molar-refractivity contribution in [3.05, 3.63) is 188 Å². The third-order valence-electron chi connectivity index (χ3n) is 10.0. The molecule has 0 aliphatic rings. The lowest BCUT2D eigenvalue weighted by Crippen LogP contribution is -1.91. The van der Waals surface area contributed by atoms with Crippen LogP contribution in [0.15, 0.2) is 192 Å². The van der Waals surface area contributed by atoms with Crippen LogP contribution in [0.5, 0.6) is 0 Å². The van der Waals surface area contributed by atoms with Gasteiger partial charge >= 0.3 is 0 Å². The number of rotatable bonds is 5. The Balaban J connectivity index is 1.18. The zero-order valence-electron chi connectivity index (χ0n) is 27.8. The number of pyridine rings is 1. The summed E-state index contributed by atoms with van der Waals surface area (Å²) in [7, 11) is 0. The molecule has 0 amide bonds. The van der Waals surface area contributed by atoms with Crippen LogP contribution >= 0.6 is 0 Å². The molecular formula is C49H31NO. The Hall–Kier alpha value is -6.77. The summed E-state index contributed by atoms with van der Waals surface area (Å²) in [5.41, 5.74) is 14.3. The molecule has 0 fully saturated rings. The Kier molecular flexibility index (Phi) is 6.85. The van der Waals surface area contributed by atoms with E-state index in [2.05, 4.69) is 182 Å². The summed E-state index contributed by atoms with van der Waals surface area (Å²) >= 11 is 0. The first kappa shape index (κ1) is 29.2. The van der Waals surface area contributed by atoms with Gasteiger partial charge in [0.05, 0.1) is 11.2 Å². The minimum absolute atomic E-state index is 0.884. The number of furan rings is 1. The van der Waals surface area contributed by atoms with Gasteiger partial charge in [0.15, 0.2) is 0 Å². The van der Waals surface area contributed by atoms with Crippen LogP contribution in [0.4, 0.5) is 0 Å². The molecular weight excluding hydrogens is 619 g/mol. The third kappa shape index (κ3) is 5.08. The van der Waals surface area contributed by atoms with E-state index in [4.69, 9.17) is 9.40 Å². The van der Waals surface area contributed by atoms with Crippen molar-refractivity contribution in [2.75, 3.05) is 0 Å². The summed E-state index contributed by atoms with van der Waals surface area (Å²) in [5, 5.41) is 5.64. The maximum atomic E-state index is 6.40. The van der Waals surface area contributed by atoms with Crippen molar-refractivity contribution < 1.29 is 4.42 Å². The molecule has 10 rings (SSSR count). The zero-order chi connectivity index (χ0) is 33.7. The van der Waals surface area contributed by atoms with Gasteiger partial charge < -0.3 is 4.42 Å². The van der Waals surface area contributed by atoms with Crippen molar-refractivity contribution in [3.8, 4) is 55.8 Å². The average molecular weight is 650 g/mol. The highest BCUT2D eigenvalue weighted by Gasteiger charge is 2.18. The molecule has 10 aromatic rings. The van der Waals surface area contributed by atoms with Gasteiger partial charge in [-0.1, -0.05) is 133 Å². The normalized spacial score (nSPS) is 11.5. The van der Waals surface area contributed by atoms with E-state index in [-0.39, 0.29) is 0 Å². The number of hydrogen-bond acceptors (Lipinski definition) is 2. The molecule has 2 heteroatoms. The maximum Gasteiger partial charge on any atom is 0.136 e. The van der Waals surface area contributed by atoms with Gasteiger partial charge in [-0.3, -0.25) is 0 Å². The van der Waals surface area contributed by atoms with Crippen molar-refractivity contribution in [3.63, 3.8) is 0 Å². The van der Waals surface area contributed by atoms with Crippen LogP contribution in [0.2, 0.25) is 0 Å². The molecule has 0 bridgehead atoms. The van der Waals surface area contributed by atoms with Crippen LogP contribution in [0.3, 0.4) is 0 Å². The summed E-state index contributed by atoms with van der Waals surface area (Å²) in [6, 6.07) is 66.9. The fourth-order valence-electron chi connectivity index (χ4n) is 7.57. The van der Waals surface area contributed by atoms with Gasteiger partial charge in [-0.2, -0.15) is 0 Å². The SMILES string of the molecule is c1ccc(-c2cc(-c3ccccc3)cc(-c3cccc(-c4ccc5nc(-c6ccccc6)c6ccc7oc8ccccc8c7c6c5c4)c3)c2)cc1. The Morgan fingerprint density at radius 3 is 1.51 bits per heavy atom. The van der Waals surface area contributed by atoms with E-state index < -0.39 is 0 Å². The highest BCUT2D eigenvalue weighted by molar-refractivity contribution is 6.28. The summed E-state index contributed by atoms with van der Waals surface area (Å²) in [5.74, 6) is 0. The Bertz CT molecular complexity index is 2830. The molecule has 0 radical (unpaired) electrons. The fourth-order valence-corrected chi connectivity index (χ4v) is 7.57. The summed E-state index contributed by atoms with van der Waals surface area (Å²) in [6.07, 6.45) is 0. The van der Waals surface area contributed by atoms with Gasteiger partial charge in [0.25, 0.3) is 0 Å². The second-order valence-corrected chi connectivity index (χ2v) is 13.1. The van der Waals surface area contributed by atoms with E-state index >= 15 is 0 Å². The first-order valence-corrected chi connectivity index (χ1v) is 17.4.